The van der Waals surface area contributed by atoms with Gasteiger partial charge in [-0.3, -0.25) is 9.59 Å². The van der Waals surface area contributed by atoms with Gasteiger partial charge in [-0.25, -0.2) is 4.79 Å². The summed E-state index contributed by atoms with van der Waals surface area (Å²) in [6, 6.07) is 6.04. The lowest BCUT2D eigenvalue weighted by Gasteiger charge is -2.30. The number of nitrogens with zero attached hydrogens (tertiary/aromatic N) is 1. The van der Waals surface area contributed by atoms with Crippen LogP contribution in [0.25, 0.3) is 0 Å². The van der Waals surface area contributed by atoms with Gasteiger partial charge >= 0.3 is 12.1 Å². The third-order valence-electron chi connectivity index (χ3n) is 4.65. The molecule has 25 heavy (non-hydrogen) atoms. The SMILES string of the molecule is O=C(CC1CCCC(C(F)(F)F)C1)ON1C(=O)c2ccccc2C1=O. The number of carbonyl (C=O) groups is 3. The van der Waals surface area contributed by atoms with Gasteiger partial charge in [0.25, 0.3) is 11.8 Å². The molecule has 0 saturated heterocycles. The second-order valence-corrected chi connectivity index (χ2v) is 6.39. The van der Waals surface area contributed by atoms with Crippen LogP contribution < -0.4 is 0 Å². The van der Waals surface area contributed by atoms with Gasteiger partial charge in [-0.2, -0.15) is 13.2 Å². The molecule has 2 aliphatic rings. The van der Waals surface area contributed by atoms with Crippen molar-refractivity contribution >= 4 is 17.8 Å². The van der Waals surface area contributed by atoms with Gasteiger partial charge in [-0.1, -0.05) is 23.6 Å². The van der Waals surface area contributed by atoms with Gasteiger partial charge in [0.1, 0.15) is 0 Å². The van der Waals surface area contributed by atoms with Crippen LogP contribution in [0.3, 0.4) is 0 Å². The van der Waals surface area contributed by atoms with Crippen LogP contribution in [0.15, 0.2) is 24.3 Å². The Bertz CT molecular complexity index is 681. The normalized spacial score (nSPS) is 23.6. The van der Waals surface area contributed by atoms with Crippen molar-refractivity contribution in [2.45, 2.75) is 38.3 Å². The Hall–Kier alpha value is -2.38. The fourth-order valence-corrected chi connectivity index (χ4v) is 3.40. The number of benzene rings is 1. The fraction of sp³-hybridized carbons (Fsp3) is 0.471. The van der Waals surface area contributed by atoms with Crippen LogP contribution in [-0.2, 0) is 9.63 Å². The number of hydrogen-bond donors (Lipinski definition) is 0. The number of imide groups is 1. The molecule has 1 aromatic carbocycles. The van der Waals surface area contributed by atoms with Gasteiger partial charge in [0, 0.05) is 0 Å². The molecule has 8 heteroatoms. The molecule has 1 aliphatic heterocycles. The van der Waals surface area contributed by atoms with E-state index in [2.05, 4.69) is 0 Å². The van der Waals surface area contributed by atoms with E-state index in [4.69, 9.17) is 4.84 Å². The molecular weight excluding hydrogens is 339 g/mol. The summed E-state index contributed by atoms with van der Waals surface area (Å²) in [6.45, 7) is 0. The summed E-state index contributed by atoms with van der Waals surface area (Å²) in [4.78, 5) is 41.1. The Morgan fingerprint density at radius 1 is 1.12 bits per heavy atom. The largest absolute Gasteiger partial charge is 0.391 e. The minimum absolute atomic E-state index is 0.0630. The van der Waals surface area contributed by atoms with Crippen molar-refractivity contribution < 1.29 is 32.4 Å². The van der Waals surface area contributed by atoms with Crippen LogP contribution in [0.5, 0.6) is 0 Å². The highest BCUT2D eigenvalue weighted by atomic mass is 19.4. The van der Waals surface area contributed by atoms with E-state index < -0.39 is 35.8 Å². The maximum atomic E-state index is 12.8. The summed E-state index contributed by atoms with van der Waals surface area (Å²) >= 11 is 0. The van der Waals surface area contributed by atoms with Gasteiger partial charge in [0.2, 0.25) is 0 Å². The topological polar surface area (TPSA) is 63.7 Å². The Morgan fingerprint density at radius 3 is 2.28 bits per heavy atom. The van der Waals surface area contributed by atoms with E-state index in [1.54, 1.807) is 12.1 Å². The summed E-state index contributed by atoms with van der Waals surface area (Å²) in [5.74, 6) is -4.25. The molecule has 0 N–H and O–H groups in total. The first-order chi connectivity index (χ1) is 11.8. The molecule has 3 rings (SSSR count). The lowest BCUT2D eigenvalue weighted by atomic mass is 9.79. The predicted octanol–water partition coefficient (Wildman–Crippen LogP) is 3.50. The molecule has 2 atom stereocenters. The van der Waals surface area contributed by atoms with Crippen LogP contribution in [0.1, 0.15) is 52.8 Å². The third-order valence-corrected chi connectivity index (χ3v) is 4.65. The summed E-state index contributed by atoms with van der Waals surface area (Å²) in [5, 5.41) is 0.386. The van der Waals surface area contributed by atoms with Crippen molar-refractivity contribution in [3.05, 3.63) is 35.4 Å². The van der Waals surface area contributed by atoms with Gasteiger partial charge in [-0.05, 0) is 37.3 Å². The zero-order valence-corrected chi connectivity index (χ0v) is 13.2. The maximum Gasteiger partial charge on any atom is 0.391 e. The van der Waals surface area contributed by atoms with Crippen LogP contribution in [0.4, 0.5) is 13.2 Å². The van der Waals surface area contributed by atoms with E-state index in [1.807, 2.05) is 0 Å². The molecule has 0 radical (unpaired) electrons. The molecule has 1 saturated carbocycles. The number of carbonyl (C=O) groups excluding carboxylic acids is 3. The van der Waals surface area contributed by atoms with Crippen molar-refractivity contribution in [3.63, 3.8) is 0 Å². The van der Waals surface area contributed by atoms with Gasteiger partial charge in [0.05, 0.1) is 23.5 Å². The Labute approximate surface area is 141 Å². The lowest BCUT2D eigenvalue weighted by molar-refractivity contribution is -0.188. The molecule has 2 amide bonds. The van der Waals surface area contributed by atoms with Crippen molar-refractivity contribution in [3.8, 4) is 0 Å². The van der Waals surface area contributed by atoms with Gasteiger partial charge in [0.15, 0.2) is 0 Å². The highest BCUT2D eigenvalue weighted by molar-refractivity contribution is 6.20. The number of alkyl halides is 3. The predicted molar refractivity (Wildman–Crippen MR) is 79.2 cm³/mol. The average Bonchev–Trinajstić information content (AvgIpc) is 2.80. The number of hydrogen-bond acceptors (Lipinski definition) is 4. The highest BCUT2D eigenvalue weighted by Gasteiger charge is 2.43. The molecular formula is C17H16F3NO4. The van der Waals surface area contributed by atoms with Crippen LogP contribution >= 0.6 is 0 Å². The zero-order chi connectivity index (χ0) is 18.2. The minimum atomic E-state index is -4.27. The molecule has 1 heterocycles. The van der Waals surface area contributed by atoms with E-state index in [0.717, 1.165) is 0 Å². The first-order valence-electron chi connectivity index (χ1n) is 8.02. The fourth-order valence-electron chi connectivity index (χ4n) is 3.40. The first-order valence-corrected chi connectivity index (χ1v) is 8.02. The summed E-state index contributed by atoms with van der Waals surface area (Å²) in [5.41, 5.74) is 0.269. The van der Waals surface area contributed by atoms with E-state index in [0.29, 0.717) is 17.9 Å². The minimum Gasteiger partial charge on any atom is -0.330 e. The zero-order valence-electron chi connectivity index (χ0n) is 13.2. The number of hydroxylamine groups is 2. The van der Waals surface area contributed by atoms with E-state index in [-0.39, 0.29) is 30.4 Å². The molecule has 0 spiro atoms. The number of amides is 2. The van der Waals surface area contributed by atoms with Gasteiger partial charge < -0.3 is 4.84 Å². The smallest absolute Gasteiger partial charge is 0.330 e. The second-order valence-electron chi connectivity index (χ2n) is 6.39. The van der Waals surface area contributed by atoms with E-state index in [1.165, 1.54) is 12.1 Å². The standard InChI is InChI=1S/C17H16F3NO4/c18-17(19,20)11-5-3-4-10(8-11)9-14(22)25-21-15(23)12-6-1-2-7-13(12)16(21)24/h1-2,6-7,10-11H,3-5,8-9H2. The van der Waals surface area contributed by atoms with Crippen molar-refractivity contribution in [1.82, 2.24) is 5.06 Å². The van der Waals surface area contributed by atoms with E-state index in [9.17, 15) is 27.6 Å². The molecule has 1 aliphatic carbocycles. The average molecular weight is 355 g/mol. The van der Waals surface area contributed by atoms with Crippen molar-refractivity contribution in [1.29, 1.82) is 0 Å². The van der Waals surface area contributed by atoms with Gasteiger partial charge in [-0.15, -0.1) is 0 Å². The Balaban J connectivity index is 1.60. The Morgan fingerprint density at radius 2 is 1.72 bits per heavy atom. The number of fused-ring (bicyclic) bond motifs is 1. The molecule has 0 bridgehead atoms. The molecule has 5 nitrogen and oxygen atoms in total. The van der Waals surface area contributed by atoms with Crippen molar-refractivity contribution in [2.24, 2.45) is 11.8 Å². The summed E-state index contributed by atoms with van der Waals surface area (Å²) in [6.07, 6.45) is -3.72. The quantitative estimate of drug-likeness (QED) is 0.779. The van der Waals surface area contributed by atoms with Crippen LogP contribution in [0.2, 0.25) is 0 Å². The monoisotopic (exact) mass is 355 g/mol. The van der Waals surface area contributed by atoms with Crippen LogP contribution in [-0.4, -0.2) is 29.0 Å². The molecule has 134 valence electrons. The lowest BCUT2D eigenvalue weighted by Crippen LogP contribution is -2.34. The number of halogens is 3. The maximum absolute atomic E-state index is 12.8. The van der Waals surface area contributed by atoms with Crippen LogP contribution in [0, 0.1) is 11.8 Å². The molecule has 0 aromatic heterocycles. The molecule has 2 unspecified atom stereocenters. The molecule has 1 aromatic rings. The summed E-state index contributed by atoms with van der Waals surface area (Å²) < 4.78 is 38.5. The summed E-state index contributed by atoms with van der Waals surface area (Å²) in [7, 11) is 0. The molecule has 1 fully saturated rings. The van der Waals surface area contributed by atoms with Crippen molar-refractivity contribution in [2.75, 3.05) is 0 Å². The second kappa shape index (κ2) is 6.50. The highest BCUT2D eigenvalue weighted by Crippen LogP contribution is 2.41. The Kier molecular flexibility index (Phi) is 4.53. The number of rotatable bonds is 3. The third kappa shape index (κ3) is 3.52. The first kappa shape index (κ1) is 17.4. The van der Waals surface area contributed by atoms with E-state index >= 15 is 0 Å².